The van der Waals surface area contributed by atoms with Crippen molar-refractivity contribution in [2.75, 3.05) is 24.9 Å². The van der Waals surface area contributed by atoms with Gasteiger partial charge in [0.15, 0.2) is 0 Å². The van der Waals surface area contributed by atoms with E-state index < -0.39 is 10.0 Å². The topological polar surface area (TPSA) is 78.5 Å². The van der Waals surface area contributed by atoms with Crippen LogP contribution in [0.25, 0.3) is 0 Å². The Morgan fingerprint density at radius 2 is 1.48 bits per heavy atom. The highest BCUT2D eigenvalue weighted by molar-refractivity contribution is 7.92. The fourth-order valence-electron chi connectivity index (χ4n) is 3.13. The largest absolute Gasteiger partial charge is 0.352 e. The molecule has 0 fully saturated rings. The molecule has 3 aromatic rings. The number of benzene rings is 3. The van der Waals surface area contributed by atoms with E-state index in [4.69, 9.17) is 0 Å². The number of carbonyl (C=O) groups is 1. The van der Waals surface area contributed by atoms with Crippen molar-refractivity contribution in [1.29, 1.82) is 0 Å². The lowest BCUT2D eigenvalue weighted by Crippen LogP contribution is -2.28. The highest BCUT2D eigenvalue weighted by Gasteiger charge is 2.15. The van der Waals surface area contributed by atoms with E-state index in [0.29, 0.717) is 17.8 Å². The predicted molar refractivity (Wildman–Crippen MR) is 123 cm³/mol. The second kappa shape index (κ2) is 10.7. The van der Waals surface area contributed by atoms with Gasteiger partial charge in [-0.05, 0) is 62.0 Å². The summed E-state index contributed by atoms with van der Waals surface area (Å²) < 4.78 is 27.5. The van der Waals surface area contributed by atoms with Gasteiger partial charge in [-0.25, -0.2) is 8.42 Å². The lowest BCUT2D eigenvalue weighted by atomic mass is 10.2. The minimum absolute atomic E-state index is 0.107. The molecule has 0 saturated carbocycles. The third kappa shape index (κ3) is 6.94. The number of anilines is 1. The average molecular weight is 438 g/mol. The van der Waals surface area contributed by atoms with Crippen molar-refractivity contribution >= 4 is 21.6 Å². The first-order valence-electron chi connectivity index (χ1n) is 10.1. The summed E-state index contributed by atoms with van der Waals surface area (Å²) in [7, 11) is -1.65. The first-order chi connectivity index (χ1) is 14.9. The molecular formula is C24H27N3O3S. The Bertz CT molecular complexity index is 1070. The number of sulfonamides is 1. The van der Waals surface area contributed by atoms with Crippen molar-refractivity contribution in [2.45, 2.75) is 17.9 Å². The van der Waals surface area contributed by atoms with Gasteiger partial charge in [-0.1, -0.05) is 48.5 Å². The summed E-state index contributed by atoms with van der Waals surface area (Å²) in [6.45, 7) is 2.27. The first-order valence-corrected chi connectivity index (χ1v) is 11.6. The van der Waals surface area contributed by atoms with Gasteiger partial charge in [-0.15, -0.1) is 0 Å². The molecule has 0 heterocycles. The molecule has 3 aromatic carbocycles. The van der Waals surface area contributed by atoms with Crippen LogP contribution < -0.4 is 10.0 Å². The Kier molecular flexibility index (Phi) is 7.81. The maximum Gasteiger partial charge on any atom is 0.261 e. The smallest absolute Gasteiger partial charge is 0.261 e. The number of nitrogens with one attached hydrogen (secondary N) is 2. The van der Waals surface area contributed by atoms with E-state index in [9.17, 15) is 13.2 Å². The van der Waals surface area contributed by atoms with Gasteiger partial charge in [0.2, 0.25) is 0 Å². The van der Waals surface area contributed by atoms with Gasteiger partial charge in [0.25, 0.3) is 15.9 Å². The molecule has 3 rings (SSSR count). The van der Waals surface area contributed by atoms with Crippen LogP contribution in [-0.2, 0) is 16.6 Å². The molecule has 0 atom stereocenters. The van der Waals surface area contributed by atoms with Gasteiger partial charge in [-0.3, -0.25) is 9.52 Å². The summed E-state index contributed by atoms with van der Waals surface area (Å²) in [5.74, 6) is -0.217. The summed E-state index contributed by atoms with van der Waals surface area (Å²) in [6.07, 6.45) is 0.822. The summed E-state index contributed by atoms with van der Waals surface area (Å²) in [5, 5.41) is 2.89. The predicted octanol–water partition coefficient (Wildman–Crippen LogP) is 3.74. The number of para-hydroxylation sites is 1. The quantitative estimate of drug-likeness (QED) is 0.474. The Balaban J connectivity index is 1.45. The normalized spacial score (nSPS) is 11.3. The summed E-state index contributed by atoms with van der Waals surface area (Å²) in [6, 6.07) is 24.8. The van der Waals surface area contributed by atoms with Gasteiger partial charge in [-0.2, -0.15) is 0 Å². The molecule has 31 heavy (non-hydrogen) atoms. The Morgan fingerprint density at radius 1 is 0.871 bits per heavy atom. The van der Waals surface area contributed by atoms with E-state index >= 15 is 0 Å². The van der Waals surface area contributed by atoms with Crippen LogP contribution in [-0.4, -0.2) is 39.4 Å². The van der Waals surface area contributed by atoms with Crippen LogP contribution in [0.3, 0.4) is 0 Å². The second-order valence-corrected chi connectivity index (χ2v) is 9.01. The number of rotatable bonds is 10. The molecule has 0 aliphatic rings. The molecule has 0 spiro atoms. The van der Waals surface area contributed by atoms with Crippen LogP contribution >= 0.6 is 0 Å². The van der Waals surface area contributed by atoms with E-state index in [0.717, 1.165) is 19.5 Å². The van der Waals surface area contributed by atoms with Crippen LogP contribution in [0.5, 0.6) is 0 Å². The minimum Gasteiger partial charge on any atom is -0.352 e. The van der Waals surface area contributed by atoms with E-state index in [2.05, 4.69) is 34.1 Å². The monoisotopic (exact) mass is 437 g/mol. The van der Waals surface area contributed by atoms with Crippen LogP contribution in [0.15, 0.2) is 89.8 Å². The number of carbonyl (C=O) groups excluding carboxylic acids is 1. The molecule has 2 N–H and O–H groups in total. The number of hydrogen-bond acceptors (Lipinski definition) is 4. The first kappa shape index (κ1) is 22.5. The van der Waals surface area contributed by atoms with E-state index in [-0.39, 0.29) is 10.8 Å². The maximum absolute atomic E-state index is 12.5. The summed E-state index contributed by atoms with van der Waals surface area (Å²) in [4.78, 5) is 14.7. The second-order valence-electron chi connectivity index (χ2n) is 7.33. The Labute approximate surface area is 184 Å². The Morgan fingerprint density at radius 3 is 2.13 bits per heavy atom. The zero-order valence-electron chi connectivity index (χ0n) is 17.5. The Hall–Kier alpha value is -3.16. The molecule has 0 unspecified atom stereocenters. The van der Waals surface area contributed by atoms with Crippen molar-refractivity contribution in [2.24, 2.45) is 0 Å². The molecule has 0 aliphatic heterocycles. The van der Waals surface area contributed by atoms with E-state index in [1.54, 1.807) is 24.3 Å². The lowest BCUT2D eigenvalue weighted by molar-refractivity contribution is 0.0952. The molecular weight excluding hydrogens is 410 g/mol. The van der Waals surface area contributed by atoms with Gasteiger partial charge in [0.05, 0.1) is 4.90 Å². The van der Waals surface area contributed by atoms with Gasteiger partial charge < -0.3 is 10.2 Å². The maximum atomic E-state index is 12.5. The minimum atomic E-state index is -3.70. The third-order valence-electron chi connectivity index (χ3n) is 4.75. The number of nitrogens with zero attached hydrogens (tertiary/aromatic N) is 1. The van der Waals surface area contributed by atoms with Crippen molar-refractivity contribution in [1.82, 2.24) is 10.2 Å². The van der Waals surface area contributed by atoms with E-state index in [1.807, 2.05) is 24.3 Å². The average Bonchev–Trinajstić information content (AvgIpc) is 2.78. The van der Waals surface area contributed by atoms with Gasteiger partial charge in [0, 0.05) is 24.3 Å². The van der Waals surface area contributed by atoms with Gasteiger partial charge in [0.1, 0.15) is 0 Å². The zero-order valence-corrected chi connectivity index (χ0v) is 18.3. The molecule has 6 nitrogen and oxygen atoms in total. The molecule has 0 bridgehead atoms. The molecule has 1 amide bonds. The fourth-order valence-corrected chi connectivity index (χ4v) is 4.19. The zero-order chi connectivity index (χ0) is 22.1. The van der Waals surface area contributed by atoms with Crippen molar-refractivity contribution in [3.05, 3.63) is 96.1 Å². The highest BCUT2D eigenvalue weighted by atomic mass is 32.2. The number of amides is 1. The van der Waals surface area contributed by atoms with Gasteiger partial charge >= 0.3 is 0 Å². The van der Waals surface area contributed by atoms with Crippen LogP contribution in [0.4, 0.5) is 5.69 Å². The molecule has 0 aromatic heterocycles. The molecule has 0 radical (unpaired) electrons. The standard InChI is InChI=1S/C24H27N3O3S/c1-27(19-20-9-4-2-5-10-20)18-8-17-25-24(28)21-13-15-23(16-14-21)31(29,30)26-22-11-6-3-7-12-22/h2-7,9-16,26H,8,17-19H2,1H3,(H,25,28). The van der Waals surface area contributed by atoms with Crippen molar-refractivity contribution in [3.63, 3.8) is 0 Å². The summed E-state index contributed by atoms with van der Waals surface area (Å²) in [5.41, 5.74) is 2.17. The summed E-state index contributed by atoms with van der Waals surface area (Å²) >= 11 is 0. The lowest BCUT2D eigenvalue weighted by Gasteiger charge is -2.16. The number of hydrogen-bond donors (Lipinski definition) is 2. The molecule has 7 heteroatoms. The fraction of sp³-hybridized carbons (Fsp3) is 0.208. The van der Waals surface area contributed by atoms with Crippen LogP contribution in [0, 0.1) is 0 Å². The van der Waals surface area contributed by atoms with Crippen LogP contribution in [0.2, 0.25) is 0 Å². The molecule has 162 valence electrons. The van der Waals surface area contributed by atoms with Crippen molar-refractivity contribution in [3.8, 4) is 0 Å². The van der Waals surface area contributed by atoms with Crippen molar-refractivity contribution < 1.29 is 13.2 Å². The highest BCUT2D eigenvalue weighted by Crippen LogP contribution is 2.16. The molecule has 0 saturated heterocycles. The van der Waals surface area contributed by atoms with E-state index in [1.165, 1.54) is 29.8 Å². The molecule has 0 aliphatic carbocycles. The SMILES string of the molecule is CN(CCCNC(=O)c1ccc(S(=O)(=O)Nc2ccccc2)cc1)Cc1ccccc1. The third-order valence-corrected chi connectivity index (χ3v) is 6.15. The van der Waals surface area contributed by atoms with Crippen LogP contribution in [0.1, 0.15) is 22.3 Å².